The molecular weight excluding hydrogens is 264 g/mol. The van der Waals surface area contributed by atoms with Crippen molar-refractivity contribution >= 4 is 0 Å². The van der Waals surface area contributed by atoms with E-state index in [-0.39, 0.29) is 0 Å². The van der Waals surface area contributed by atoms with Crippen molar-refractivity contribution in [3.63, 3.8) is 0 Å². The standard InChI is InChI=1S/C22H41/c1-4-6-8-10-12-14-16-18-20-22(3)21-19-17-15-13-11-9-7-5-2/h12-15,22H,3-11,16-21H2,1-2H3/b14-12-,15-13-. The monoisotopic (exact) mass is 305 g/mol. The number of rotatable bonds is 16. The third kappa shape index (κ3) is 17.5. The second-order valence-corrected chi connectivity index (χ2v) is 6.66. The molecule has 0 fully saturated rings. The summed E-state index contributed by atoms with van der Waals surface area (Å²) in [4.78, 5) is 0. The van der Waals surface area contributed by atoms with Crippen LogP contribution in [0.15, 0.2) is 24.3 Å². The minimum Gasteiger partial charge on any atom is -0.0885 e. The lowest BCUT2D eigenvalue weighted by Crippen LogP contribution is -1.94. The van der Waals surface area contributed by atoms with E-state index in [0.29, 0.717) is 5.92 Å². The quantitative estimate of drug-likeness (QED) is 0.200. The summed E-state index contributed by atoms with van der Waals surface area (Å²) in [6.45, 7) is 8.83. The van der Waals surface area contributed by atoms with Gasteiger partial charge in [-0.15, -0.1) is 0 Å². The zero-order valence-corrected chi connectivity index (χ0v) is 15.5. The lowest BCUT2D eigenvalue weighted by atomic mass is 9.97. The SMILES string of the molecule is [CH2]C(CCC/C=C\CCCCC)CCC/C=C\CCCCC. The van der Waals surface area contributed by atoms with Crippen molar-refractivity contribution < 1.29 is 0 Å². The van der Waals surface area contributed by atoms with Gasteiger partial charge in [-0.25, -0.2) is 0 Å². The second-order valence-electron chi connectivity index (χ2n) is 6.66. The van der Waals surface area contributed by atoms with Crippen molar-refractivity contribution in [2.45, 2.75) is 104 Å². The Hall–Kier alpha value is -0.520. The molecule has 129 valence electrons. The van der Waals surface area contributed by atoms with Crippen LogP contribution in [0.5, 0.6) is 0 Å². The molecule has 0 rings (SSSR count). The van der Waals surface area contributed by atoms with E-state index >= 15 is 0 Å². The Morgan fingerprint density at radius 3 is 1.32 bits per heavy atom. The van der Waals surface area contributed by atoms with Crippen molar-refractivity contribution in [3.8, 4) is 0 Å². The van der Waals surface area contributed by atoms with Gasteiger partial charge >= 0.3 is 0 Å². The molecular formula is C22H41. The van der Waals surface area contributed by atoms with Crippen LogP contribution in [-0.2, 0) is 0 Å². The van der Waals surface area contributed by atoms with Gasteiger partial charge in [-0.2, -0.15) is 0 Å². The van der Waals surface area contributed by atoms with Gasteiger partial charge in [-0.1, -0.05) is 83.6 Å². The fraction of sp³-hybridized carbons (Fsp3) is 0.773. The van der Waals surface area contributed by atoms with E-state index in [1.807, 2.05) is 0 Å². The third-order valence-corrected chi connectivity index (χ3v) is 4.25. The fourth-order valence-electron chi connectivity index (χ4n) is 2.69. The molecule has 0 nitrogen and oxygen atoms in total. The van der Waals surface area contributed by atoms with Crippen molar-refractivity contribution in [3.05, 3.63) is 31.2 Å². The summed E-state index contributed by atoms with van der Waals surface area (Å²) in [7, 11) is 0. The molecule has 0 aliphatic rings. The lowest BCUT2D eigenvalue weighted by Gasteiger charge is -2.09. The molecule has 22 heavy (non-hydrogen) atoms. The zero-order chi connectivity index (χ0) is 16.3. The van der Waals surface area contributed by atoms with Crippen molar-refractivity contribution in [2.24, 2.45) is 5.92 Å². The summed E-state index contributed by atoms with van der Waals surface area (Å²) in [6, 6.07) is 0. The molecule has 0 heteroatoms. The lowest BCUT2D eigenvalue weighted by molar-refractivity contribution is 0.505. The molecule has 0 aliphatic carbocycles. The molecule has 0 heterocycles. The van der Waals surface area contributed by atoms with Gasteiger partial charge in [0.1, 0.15) is 0 Å². The van der Waals surface area contributed by atoms with E-state index in [0.717, 1.165) is 0 Å². The van der Waals surface area contributed by atoms with Gasteiger partial charge in [0.25, 0.3) is 0 Å². The van der Waals surface area contributed by atoms with Crippen LogP contribution in [0.25, 0.3) is 0 Å². The average molecular weight is 306 g/mol. The zero-order valence-electron chi connectivity index (χ0n) is 15.5. The van der Waals surface area contributed by atoms with Gasteiger partial charge in [-0.3, -0.25) is 0 Å². The Kier molecular flexibility index (Phi) is 18.1. The van der Waals surface area contributed by atoms with Crippen LogP contribution in [-0.4, -0.2) is 0 Å². The number of allylic oxidation sites excluding steroid dienone is 4. The molecule has 1 radical (unpaired) electrons. The topological polar surface area (TPSA) is 0 Å². The van der Waals surface area contributed by atoms with E-state index in [9.17, 15) is 0 Å². The summed E-state index contributed by atoms with van der Waals surface area (Å²) >= 11 is 0. The van der Waals surface area contributed by atoms with E-state index in [2.05, 4.69) is 45.1 Å². The highest BCUT2D eigenvalue weighted by atomic mass is 14.1. The summed E-state index contributed by atoms with van der Waals surface area (Å²) in [5, 5.41) is 0. The number of hydrogen-bond donors (Lipinski definition) is 0. The first kappa shape index (κ1) is 21.5. The fourth-order valence-corrected chi connectivity index (χ4v) is 2.69. The summed E-state index contributed by atoms with van der Waals surface area (Å²) in [6.07, 6.45) is 27.8. The van der Waals surface area contributed by atoms with Crippen LogP contribution >= 0.6 is 0 Å². The van der Waals surface area contributed by atoms with E-state index in [1.54, 1.807) is 0 Å². The molecule has 0 N–H and O–H groups in total. The van der Waals surface area contributed by atoms with Crippen LogP contribution in [0.3, 0.4) is 0 Å². The van der Waals surface area contributed by atoms with Crippen LogP contribution in [0.1, 0.15) is 104 Å². The van der Waals surface area contributed by atoms with Gasteiger partial charge in [0, 0.05) is 0 Å². The maximum Gasteiger partial charge on any atom is -0.0351 e. The predicted molar refractivity (Wildman–Crippen MR) is 103 cm³/mol. The largest absolute Gasteiger partial charge is 0.0885 e. The van der Waals surface area contributed by atoms with Crippen LogP contribution in [0.4, 0.5) is 0 Å². The first-order valence-electron chi connectivity index (χ1n) is 9.94. The van der Waals surface area contributed by atoms with Crippen molar-refractivity contribution in [1.29, 1.82) is 0 Å². The van der Waals surface area contributed by atoms with Gasteiger partial charge in [0.15, 0.2) is 0 Å². The highest BCUT2D eigenvalue weighted by Gasteiger charge is 2.00. The Morgan fingerprint density at radius 2 is 0.955 bits per heavy atom. The molecule has 0 bridgehead atoms. The molecule has 0 unspecified atom stereocenters. The van der Waals surface area contributed by atoms with Gasteiger partial charge in [0.05, 0.1) is 0 Å². The maximum absolute atomic E-state index is 4.31. The normalized spacial score (nSPS) is 12.2. The van der Waals surface area contributed by atoms with Gasteiger partial charge in [0.2, 0.25) is 0 Å². The van der Waals surface area contributed by atoms with Crippen LogP contribution in [0.2, 0.25) is 0 Å². The molecule has 0 saturated heterocycles. The van der Waals surface area contributed by atoms with Crippen LogP contribution < -0.4 is 0 Å². The van der Waals surface area contributed by atoms with Crippen molar-refractivity contribution in [2.75, 3.05) is 0 Å². The molecule has 0 aromatic heterocycles. The Labute approximate surface area is 141 Å². The molecule has 0 aliphatic heterocycles. The van der Waals surface area contributed by atoms with Gasteiger partial charge < -0.3 is 0 Å². The molecule has 0 amide bonds. The Bertz CT molecular complexity index is 223. The molecule has 0 saturated carbocycles. The summed E-state index contributed by atoms with van der Waals surface area (Å²) < 4.78 is 0. The smallest absolute Gasteiger partial charge is 0.0351 e. The average Bonchev–Trinajstić information content (AvgIpc) is 2.52. The van der Waals surface area contributed by atoms with Gasteiger partial charge in [-0.05, 0) is 57.3 Å². The summed E-state index contributed by atoms with van der Waals surface area (Å²) in [5.74, 6) is 0.655. The maximum atomic E-state index is 4.31. The molecule has 0 aromatic rings. The highest BCUT2D eigenvalue weighted by Crippen LogP contribution is 2.15. The molecule has 0 spiro atoms. The second kappa shape index (κ2) is 18.5. The van der Waals surface area contributed by atoms with E-state index in [4.69, 9.17) is 0 Å². The minimum atomic E-state index is 0.655. The van der Waals surface area contributed by atoms with Crippen LogP contribution in [0, 0.1) is 12.8 Å². The van der Waals surface area contributed by atoms with E-state index in [1.165, 1.54) is 89.9 Å². The summed E-state index contributed by atoms with van der Waals surface area (Å²) in [5.41, 5.74) is 0. The number of unbranched alkanes of at least 4 members (excludes halogenated alkanes) is 8. The predicted octanol–water partition coefficient (Wildman–Crippen LogP) is 8.05. The Morgan fingerprint density at radius 1 is 0.591 bits per heavy atom. The van der Waals surface area contributed by atoms with Crippen molar-refractivity contribution in [1.82, 2.24) is 0 Å². The Balaban J connectivity index is 3.30. The highest BCUT2D eigenvalue weighted by molar-refractivity contribution is 4.83. The molecule has 0 atom stereocenters. The van der Waals surface area contributed by atoms with E-state index < -0.39 is 0 Å². The molecule has 0 aromatic carbocycles. The first-order valence-corrected chi connectivity index (χ1v) is 9.94. The number of hydrogen-bond acceptors (Lipinski definition) is 0. The minimum absolute atomic E-state index is 0.655. The first-order chi connectivity index (χ1) is 10.8. The third-order valence-electron chi connectivity index (χ3n) is 4.25.